The van der Waals surface area contributed by atoms with E-state index in [0.717, 1.165) is 33.8 Å². The predicted molar refractivity (Wildman–Crippen MR) is 231 cm³/mol. The Hall–Kier alpha value is -7.08. The molecule has 0 bridgehead atoms. The van der Waals surface area contributed by atoms with Gasteiger partial charge in [0.05, 0.1) is 33.5 Å². The highest BCUT2D eigenvalue weighted by Gasteiger charge is 2.20. The largest absolute Gasteiger partial charge is 0.309 e. The van der Waals surface area contributed by atoms with Gasteiger partial charge in [-0.05, 0) is 71.1 Å². The van der Waals surface area contributed by atoms with Gasteiger partial charge in [-0.3, -0.25) is 4.40 Å². The monoisotopic (exact) mass is 718 g/mol. The van der Waals surface area contributed by atoms with E-state index in [4.69, 9.17) is 9.97 Å². The van der Waals surface area contributed by atoms with E-state index in [9.17, 15) is 0 Å². The molecule has 12 aromatic rings. The molecule has 55 heavy (non-hydrogen) atoms. The van der Waals surface area contributed by atoms with E-state index < -0.39 is 0 Å². The van der Waals surface area contributed by atoms with Crippen molar-refractivity contribution in [2.24, 2.45) is 0 Å². The summed E-state index contributed by atoms with van der Waals surface area (Å²) >= 11 is 1.81. The van der Waals surface area contributed by atoms with Gasteiger partial charge in [0.1, 0.15) is 4.83 Å². The van der Waals surface area contributed by atoms with E-state index in [1.165, 1.54) is 70.3 Å². The molecule has 0 amide bonds. The van der Waals surface area contributed by atoms with Crippen molar-refractivity contribution < 1.29 is 0 Å². The molecule has 256 valence electrons. The molecule has 0 atom stereocenters. The standard InChI is InChI=1S/C50H30N4S/c1-2-10-34(11-3-1)49-51-43(30-44(52-49)33-22-24-36(25-23-33)53-45-15-7-4-12-37(45)38-13-5-8-16-46(38)53)32-20-18-31(19-21-32)35-28-41-39-14-6-9-17-47(39)54-48(41)42(29-35)40-26-27-55-50(40)54/h1-30H. The van der Waals surface area contributed by atoms with Crippen LogP contribution in [0.2, 0.25) is 0 Å². The third-order valence-corrected chi connectivity index (χ3v) is 12.1. The number of hydrogen-bond acceptors (Lipinski definition) is 3. The molecule has 5 aromatic heterocycles. The van der Waals surface area contributed by atoms with Crippen LogP contribution in [0.5, 0.6) is 0 Å². The molecule has 0 spiro atoms. The number of hydrogen-bond donors (Lipinski definition) is 0. The lowest BCUT2D eigenvalue weighted by Crippen LogP contribution is -1.97. The number of nitrogens with zero attached hydrogens (tertiary/aromatic N) is 4. The third-order valence-electron chi connectivity index (χ3n) is 11.2. The van der Waals surface area contributed by atoms with Gasteiger partial charge in [-0.1, -0.05) is 121 Å². The molecule has 0 fully saturated rings. The second-order valence-corrected chi connectivity index (χ2v) is 15.1. The molecule has 0 saturated heterocycles. The zero-order chi connectivity index (χ0) is 36.0. The molecule has 0 N–H and O–H groups in total. The Morgan fingerprint density at radius 1 is 0.382 bits per heavy atom. The summed E-state index contributed by atoms with van der Waals surface area (Å²) in [6.45, 7) is 0. The van der Waals surface area contributed by atoms with Crippen molar-refractivity contribution in [3.63, 3.8) is 0 Å². The summed E-state index contributed by atoms with van der Waals surface area (Å²) in [7, 11) is 0. The van der Waals surface area contributed by atoms with E-state index in [1.807, 2.05) is 29.5 Å². The van der Waals surface area contributed by atoms with Gasteiger partial charge in [0.15, 0.2) is 5.82 Å². The highest BCUT2D eigenvalue weighted by Crippen LogP contribution is 2.43. The van der Waals surface area contributed by atoms with Crippen LogP contribution in [-0.2, 0) is 0 Å². The van der Waals surface area contributed by atoms with Crippen molar-refractivity contribution in [3.05, 3.63) is 181 Å². The molecule has 0 aliphatic heterocycles. The zero-order valence-corrected chi connectivity index (χ0v) is 30.3. The van der Waals surface area contributed by atoms with Crippen molar-refractivity contribution in [3.8, 4) is 50.7 Å². The van der Waals surface area contributed by atoms with Crippen molar-refractivity contribution in [2.75, 3.05) is 0 Å². The van der Waals surface area contributed by atoms with Crippen LogP contribution in [0.1, 0.15) is 0 Å². The second-order valence-electron chi connectivity index (χ2n) is 14.2. The summed E-state index contributed by atoms with van der Waals surface area (Å²) in [4.78, 5) is 11.6. The fourth-order valence-electron chi connectivity index (χ4n) is 8.63. The summed E-state index contributed by atoms with van der Waals surface area (Å²) in [6.07, 6.45) is 0. The van der Waals surface area contributed by atoms with Gasteiger partial charge in [-0.15, -0.1) is 11.3 Å². The Morgan fingerprint density at radius 2 is 0.909 bits per heavy atom. The van der Waals surface area contributed by atoms with Crippen LogP contribution in [0.3, 0.4) is 0 Å². The van der Waals surface area contributed by atoms with Crippen molar-refractivity contribution in [2.45, 2.75) is 0 Å². The first-order valence-electron chi connectivity index (χ1n) is 18.6. The van der Waals surface area contributed by atoms with E-state index in [0.29, 0.717) is 5.82 Å². The van der Waals surface area contributed by atoms with Crippen LogP contribution in [0.4, 0.5) is 0 Å². The Morgan fingerprint density at radius 3 is 1.56 bits per heavy atom. The average Bonchev–Trinajstić information content (AvgIpc) is 4.02. The summed E-state index contributed by atoms with van der Waals surface area (Å²) in [5.74, 6) is 0.708. The Balaban J connectivity index is 0.958. The van der Waals surface area contributed by atoms with Crippen molar-refractivity contribution >= 4 is 70.6 Å². The number of benzene rings is 7. The van der Waals surface area contributed by atoms with Crippen LogP contribution in [0.25, 0.3) is 110 Å². The molecule has 4 nitrogen and oxygen atoms in total. The molecule has 0 aliphatic rings. The Kier molecular flexibility index (Phi) is 6.47. The highest BCUT2D eigenvalue weighted by molar-refractivity contribution is 7.17. The van der Waals surface area contributed by atoms with E-state index in [2.05, 4.69) is 172 Å². The Labute approximate surface area is 320 Å². The quantitative estimate of drug-likeness (QED) is 0.178. The fourth-order valence-corrected chi connectivity index (χ4v) is 9.57. The maximum atomic E-state index is 5.13. The Bertz CT molecular complexity index is 3350. The summed E-state index contributed by atoms with van der Waals surface area (Å²) in [6, 6.07) is 63.0. The van der Waals surface area contributed by atoms with Gasteiger partial charge >= 0.3 is 0 Å². The van der Waals surface area contributed by atoms with Crippen LogP contribution >= 0.6 is 11.3 Å². The first-order valence-corrected chi connectivity index (χ1v) is 19.4. The molecule has 0 unspecified atom stereocenters. The molecule has 7 aromatic carbocycles. The molecular weight excluding hydrogens is 689 g/mol. The van der Waals surface area contributed by atoms with Gasteiger partial charge in [-0.25, -0.2) is 9.97 Å². The number of fused-ring (bicyclic) bond motifs is 9. The minimum atomic E-state index is 0.708. The van der Waals surface area contributed by atoms with E-state index in [-0.39, 0.29) is 0 Å². The molecule has 0 radical (unpaired) electrons. The zero-order valence-electron chi connectivity index (χ0n) is 29.5. The average molecular weight is 719 g/mol. The maximum absolute atomic E-state index is 5.13. The normalized spacial score (nSPS) is 12.0. The lowest BCUT2D eigenvalue weighted by Gasteiger charge is -2.12. The third kappa shape index (κ3) is 4.57. The fraction of sp³-hybridized carbons (Fsp3) is 0. The number of aromatic nitrogens is 4. The number of thiophene rings is 1. The topological polar surface area (TPSA) is 35.1 Å². The van der Waals surface area contributed by atoms with Gasteiger partial charge in [0.2, 0.25) is 0 Å². The van der Waals surface area contributed by atoms with E-state index in [1.54, 1.807) is 0 Å². The molecule has 5 heterocycles. The van der Waals surface area contributed by atoms with Crippen molar-refractivity contribution in [1.82, 2.24) is 18.9 Å². The van der Waals surface area contributed by atoms with Crippen molar-refractivity contribution in [1.29, 1.82) is 0 Å². The lowest BCUT2D eigenvalue weighted by molar-refractivity contribution is 1.17. The SMILES string of the molecule is c1ccc(-c2nc(-c3ccc(-c4cc5c6ccccc6n6c7sccc7c(c4)c56)cc3)cc(-c3ccc(-n4c5ccccc5c5ccccc54)cc3)n2)cc1. The van der Waals surface area contributed by atoms with Crippen LogP contribution < -0.4 is 0 Å². The first kappa shape index (κ1) is 30.4. The van der Waals surface area contributed by atoms with Gasteiger partial charge in [-0.2, -0.15) is 0 Å². The smallest absolute Gasteiger partial charge is 0.160 e. The summed E-state index contributed by atoms with van der Waals surface area (Å²) < 4.78 is 4.79. The van der Waals surface area contributed by atoms with Crippen LogP contribution in [0, 0.1) is 0 Å². The second kappa shape index (κ2) is 11.7. The number of para-hydroxylation sites is 3. The van der Waals surface area contributed by atoms with Crippen LogP contribution in [0.15, 0.2) is 181 Å². The molecule has 5 heteroatoms. The molecule has 12 rings (SSSR count). The first-order chi connectivity index (χ1) is 27.3. The van der Waals surface area contributed by atoms with Gasteiger partial charge in [0, 0.05) is 54.7 Å². The lowest BCUT2D eigenvalue weighted by atomic mass is 9.98. The highest BCUT2D eigenvalue weighted by atomic mass is 32.1. The molecule has 0 aliphatic carbocycles. The minimum absolute atomic E-state index is 0.708. The summed E-state index contributed by atoms with van der Waals surface area (Å²) in [5.41, 5.74) is 13.3. The van der Waals surface area contributed by atoms with E-state index >= 15 is 0 Å². The predicted octanol–water partition coefficient (Wildman–Crippen LogP) is 13.5. The molecule has 0 saturated carbocycles. The minimum Gasteiger partial charge on any atom is -0.309 e. The maximum Gasteiger partial charge on any atom is 0.160 e. The van der Waals surface area contributed by atoms with Gasteiger partial charge < -0.3 is 4.57 Å². The van der Waals surface area contributed by atoms with Gasteiger partial charge in [0.25, 0.3) is 0 Å². The summed E-state index contributed by atoms with van der Waals surface area (Å²) in [5, 5.41) is 9.93. The van der Waals surface area contributed by atoms with Crippen LogP contribution in [-0.4, -0.2) is 18.9 Å². The molecular formula is C50H30N4S. The number of rotatable bonds is 5.